The molecule has 6 nitrogen and oxygen atoms in total. The molecule has 0 amide bonds. The van der Waals surface area contributed by atoms with Crippen molar-refractivity contribution in [2.75, 3.05) is 6.61 Å². The highest BCUT2D eigenvalue weighted by molar-refractivity contribution is 5.70. The van der Waals surface area contributed by atoms with Crippen LogP contribution in [0.25, 0.3) is 0 Å². The molecule has 0 bridgehead atoms. The molecule has 0 atom stereocenters. The van der Waals surface area contributed by atoms with E-state index in [1.165, 1.54) is 0 Å². The third-order valence-electron chi connectivity index (χ3n) is 0.665. The molecule has 66 valence electrons. The Hall–Kier alpha value is -0.690. The van der Waals surface area contributed by atoms with Crippen LogP contribution in [-0.4, -0.2) is 34.5 Å². The SMILES string of the molecule is CC(C)OC(=O)CON(O)O. The molecule has 0 unspecified atom stereocenters. The van der Waals surface area contributed by atoms with Crippen molar-refractivity contribution < 1.29 is 24.8 Å². The van der Waals surface area contributed by atoms with Crippen LogP contribution in [0.1, 0.15) is 13.8 Å². The molecular formula is C5H11NO5. The molecule has 0 saturated carbocycles. The van der Waals surface area contributed by atoms with Gasteiger partial charge in [-0.3, -0.25) is 10.4 Å². The summed E-state index contributed by atoms with van der Waals surface area (Å²) in [5.41, 5.74) is 0. The quantitative estimate of drug-likeness (QED) is 0.449. The van der Waals surface area contributed by atoms with Gasteiger partial charge in [-0.2, -0.15) is 0 Å². The molecule has 0 radical (unpaired) electrons. The van der Waals surface area contributed by atoms with E-state index in [2.05, 4.69) is 9.57 Å². The van der Waals surface area contributed by atoms with Crippen molar-refractivity contribution >= 4 is 5.97 Å². The summed E-state index contributed by atoms with van der Waals surface area (Å²) in [6.07, 6.45) is -0.239. The topological polar surface area (TPSA) is 79.2 Å². The molecule has 0 aromatic heterocycles. The summed E-state index contributed by atoms with van der Waals surface area (Å²) >= 11 is 0. The average molecular weight is 165 g/mol. The van der Waals surface area contributed by atoms with Gasteiger partial charge in [0.15, 0.2) is 6.61 Å². The molecule has 0 fully saturated rings. The van der Waals surface area contributed by atoms with E-state index in [1.54, 1.807) is 13.8 Å². The van der Waals surface area contributed by atoms with Crippen molar-refractivity contribution in [2.45, 2.75) is 20.0 Å². The molecule has 0 aliphatic heterocycles. The largest absolute Gasteiger partial charge is 0.461 e. The van der Waals surface area contributed by atoms with E-state index in [0.717, 1.165) is 0 Å². The Labute approximate surface area is 63.8 Å². The normalized spacial score (nSPS) is 10.7. The lowest BCUT2D eigenvalue weighted by Gasteiger charge is -2.08. The van der Waals surface area contributed by atoms with Gasteiger partial charge in [0, 0.05) is 0 Å². The lowest BCUT2D eigenvalue weighted by atomic mass is 10.5. The van der Waals surface area contributed by atoms with E-state index in [0.29, 0.717) is 0 Å². The minimum atomic E-state index is -0.659. The van der Waals surface area contributed by atoms with E-state index in [9.17, 15) is 4.79 Å². The van der Waals surface area contributed by atoms with Crippen LogP contribution >= 0.6 is 0 Å². The maximum absolute atomic E-state index is 10.6. The zero-order chi connectivity index (χ0) is 8.85. The van der Waals surface area contributed by atoms with Gasteiger partial charge in [-0.05, 0) is 13.8 Å². The molecule has 0 spiro atoms. The van der Waals surface area contributed by atoms with Gasteiger partial charge in [-0.25, -0.2) is 9.63 Å². The highest BCUT2D eigenvalue weighted by Gasteiger charge is 2.06. The minimum Gasteiger partial charge on any atom is -0.461 e. The molecule has 11 heavy (non-hydrogen) atoms. The van der Waals surface area contributed by atoms with Gasteiger partial charge in [0.25, 0.3) is 0 Å². The predicted octanol–water partition coefficient (Wildman–Crippen LogP) is -0.0500. The fraction of sp³-hybridized carbons (Fsp3) is 0.800. The summed E-state index contributed by atoms with van der Waals surface area (Å²) in [5, 5.41) is 15.4. The number of carbonyl (C=O) groups excluding carboxylic acids is 1. The summed E-state index contributed by atoms with van der Waals surface area (Å²) < 4.78 is 4.59. The first-order valence-electron chi connectivity index (χ1n) is 3.02. The van der Waals surface area contributed by atoms with Gasteiger partial charge in [-0.15, -0.1) is 0 Å². The molecule has 0 rings (SSSR count). The number of esters is 1. The summed E-state index contributed by atoms with van der Waals surface area (Å²) in [7, 11) is 0. The Balaban J connectivity index is 3.38. The summed E-state index contributed by atoms with van der Waals surface area (Å²) in [6.45, 7) is 2.83. The summed E-state index contributed by atoms with van der Waals surface area (Å²) in [5.74, 6) is -0.659. The number of nitrogens with zero attached hydrogens (tertiary/aromatic N) is 1. The van der Waals surface area contributed by atoms with Gasteiger partial charge in [0.1, 0.15) is 0 Å². The number of carbonyl (C=O) groups is 1. The molecule has 2 N–H and O–H groups in total. The van der Waals surface area contributed by atoms with Gasteiger partial charge in [0.05, 0.1) is 11.5 Å². The number of ether oxygens (including phenoxy) is 1. The molecule has 0 aromatic carbocycles. The van der Waals surface area contributed by atoms with Crippen LogP contribution in [-0.2, 0) is 14.4 Å². The van der Waals surface area contributed by atoms with Crippen LogP contribution in [0.15, 0.2) is 0 Å². The Bertz CT molecular complexity index is 124. The second-order valence-corrected chi connectivity index (χ2v) is 2.06. The van der Waals surface area contributed by atoms with Crippen molar-refractivity contribution in [1.29, 1.82) is 0 Å². The van der Waals surface area contributed by atoms with Gasteiger partial charge >= 0.3 is 5.97 Å². The van der Waals surface area contributed by atoms with E-state index in [4.69, 9.17) is 10.4 Å². The Kier molecular flexibility index (Phi) is 4.71. The zero-order valence-electron chi connectivity index (χ0n) is 6.35. The lowest BCUT2D eigenvalue weighted by molar-refractivity contribution is -0.489. The molecule has 0 aliphatic carbocycles. The molecule has 0 aromatic rings. The highest BCUT2D eigenvalue weighted by Crippen LogP contribution is 1.89. The second-order valence-electron chi connectivity index (χ2n) is 2.06. The van der Waals surface area contributed by atoms with Crippen LogP contribution in [0.5, 0.6) is 0 Å². The molecule has 0 aliphatic rings. The minimum absolute atomic E-state index is 0.239. The standard InChI is InChI=1S/C5H11NO5/c1-4(2)11-5(7)3-10-6(8)9/h4,8-9H,3H2,1-2H3. The van der Waals surface area contributed by atoms with Gasteiger partial charge in [0.2, 0.25) is 0 Å². The van der Waals surface area contributed by atoms with E-state index in [1.807, 2.05) is 0 Å². The second kappa shape index (κ2) is 5.03. The predicted molar refractivity (Wildman–Crippen MR) is 32.6 cm³/mol. The van der Waals surface area contributed by atoms with Crippen LogP contribution in [0, 0.1) is 0 Å². The fourth-order valence-corrected chi connectivity index (χ4v) is 0.407. The fourth-order valence-electron chi connectivity index (χ4n) is 0.407. The molecule has 0 saturated heterocycles. The number of rotatable bonds is 4. The first-order chi connectivity index (χ1) is 5.02. The average Bonchev–Trinajstić information content (AvgIpc) is 1.82. The Morgan fingerprint density at radius 3 is 2.45 bits per heavy atom. The van der Waals surface area contributed by atoms with Gasteiger partial charge < -0.3 is 4.74 Å². The van der Waals surface area contributed by atoms with Crippen LogP contribution in [0.3, 0.4) is 0 Å². The first kappa shape index (κ1) is 10.3. The lowest BCUT2D eigenvalue weighted by Crippen LogP contribution is -2.23. The van der Waals surface area contributed by atoms with Crippen LogP contribution in [0.4, 0.5) is 0 Å². The third kappa shape index (κ3) is 7.20. The number of hydrogen-bond donors (Lipinski definition) is 2. The first-order valence-corrected chi connectivity index (χ1v) is 3.02. The van der Waals surface area contributed by atoms with Crippen molar-refractivity contribution in [3.8, 4) is 0 Å². The Morgan fingerprint density at radius 1 is 1.55 bits per heavy atom. The van der Waals surface area contributed by atoms with E-state index < -0.39 is 18.0 Å². The van der Waals surface area contributed by atoms with Crippen LogP contribution < -0.4 is 0 Å². The highest BCUT2D eigenvalue weighted by atomic mass is 17.1. The van der Waals surface area contributed by atoms with Crippen molar-refractivity contribution in [2.24, 2.45) is 0 Å². The van der Waals surface area contributed by atoms with Crippen LogP contribution in [0.2, 0.25) is 0 Å². The van der Waals surface area contributed by atoms with E-state index >= 15 is 0 Å². The third-order valence-corrected chi connectivity index (χ3v) is 0.665. The smallest absolute Gasteiger partial charge is 0.334 e. The Morgan fingerprint density at radius 2 is 2.09 bits per heavy atom. The maximum atomic E-state index is 10.6. The monoisotopic (exact) mass is 165 g/mol. The van der Waals surface area contributed by atoms with Crippen molar-refractivity contribution in [3.05, 3.63) is 0 Å². The number of hydrogen-bond acceptors (Lipinski definition) is 6. The maximum Gasteiger partial charge on any atom is 0.334 e. The molecule has 6 heteroatoms. The van der Waals surface area contributed by atoms with Crippen molar-refractivity contribution in [1.82, 2.24) is 5.39 Å². The summed E-state index contributed by atoms with van der Waals surface area (Å²) in [6, 6.07) is 0. The van der Waals surface area contributed by atoms with Crippen molar-refractivity contribution in [3.63, 3.8) is 0 Å². The van der Waals surface area contributed by atoms with Gasteiger partial charge in [-0.1, -0.05) is 0 Å². The molecule has 0 heterocycles. The van der Waals surface area contributed by atoms with E-state index in [-0.39, 0.29) is 6.10 Å². The zero-order valence-corrected chi connectivity index (χ0v) is 6.35. The molecular weight excluding hydrogens is 154 g/mol. The summed E-state index contributed by atoms with van der Waals surface area (Å²) in [4.78, 5) is 14.5.